The molecule has 0 aliphatic carbocycles. The summed E-state index contributed by atoms with van der Waals surface area (Å²) in [4.78, 5) is 0. The number of unbranched alkanes of at least 4 members (excludes halogenated alkanes) is 2. The van der Waals surface area contributed by atoms with Crippen molar-refractivity contribution in [1.29, 1.82) is 10.5 Å². The van der Waals surface area contributed by atoms with Gasteiger partial charge >= 0.3 is 0 Å². The minimum atomic E-state index is 0.617. The Morgan fingerprint density at radius 3 is 2.56 bits per heavy atom. The molecule has 0 aromatic heterocycles. The van der Waals surface area contributed by atoms with Crippen LogP contribution in [0.3, 0.4) is 0 Å². The molecule has 0 aromatic carbocycles. The lowest BCUT2D eigenvalue weighted by Crippen LogP contribution is -1.76. The van der Waals surface area contributed by atoms with Crippen LogP contribution >= 0.6 is 11.8 Å². The monoisotopic (exact) mass is 140 g/mol. The molecule has 0 fully saturated rings. The van der Waals surface area contributed by atoms with Crippen molar-refractivity contribution in [2.45, 2.75) is 19.3 Å². The maximum Gasteiger partial charge on any atom is 0.133 e. The summed E-state index contributed by atoms with van der Waals surface area (Å²) in [6, 6.07) is 2.05. The minimum absolute atomic E-state index is 0.617. The second kappa shape index (κ2) is 7.33. The standard InChI is InChI=1S/C6H8N2S/c7-4-2-1-3-5-9-6-8/h1-3,5H2. The molecular formula is C6H8N2S. The van der Waals surface area contributed by atoms with Crippen molar-refractivity contribution in [2.24, 2.45) is 0 Å². The number of rotatable bonds is 4. The summed E-state index contributed by atoms with van der Waals surface area (Å²) in [5.41, 5.74) is 0. The Kier molecular flexibility index (Phi) is 6.78. The fourth-order valence-electron chi connectivity index (χ4n) is 0.424. The molecule has 0 rings (SSSR count). The average molecular weight is 140 g/mol. The number of nitrogens with zero attached hydrogens (tertiary/aromatic N) is 2. The Balaban J connectivity index is 2.79. The molecule has 0 aliphatic heterocycles. The summed E-state index contributed by atoms with van der Waals surface area (Å²) in [5.74, 6) is 0.859. The van der Waals surface area contributed by atoms with E-state index >= 15 is 0 Å². The highest BCUT2D eigenvalue weighted by atomic mass is 32.2. The van der Waals surface area contributed by atoms with E-state index in [1.165, 1.54) is 11.8 Å². The summed E-state index contributed by atoms with van der Waals surface area (Å²) in [6.45, 7) is 0. The van der Waals surface area contributed by atoms with Crippen molar-refractivity contribution < 1.29 is 0 Å². The largest absolute Gasteiger partial charge is 0.198 e. The third kappa shape index (κ3) is 7.33. The molecule has 0 saturated carbocycles. The molecule has 0 bridgehead atoms. The van der Waals surface area contributed by atoms with E-state index in [1.807, 2.05) is 5.40 Å². The molecule has 3 heteroatoms. The third-order valence-corrected chi connectivity index (χ3v) is 1.47. The van der Waals surface area contributed by atoms with Gasteiger partial charge in [-0.2, -0.15) is 10.5 Å². The first-order valence-corrected chi connectivity index (χ1v) is 3.78. The van der Waals surface area contributed by atoms with Crippen LogP contribution in [0.5, 0.6) is 0 Å². The van der Waals surface area contributed by atoms with Gasteiger partial charge in [0.1, 0.15) is 5.40 Å². The van der Waals surface area contributed by atoms with Gasteiger partial charge in [-0.05, 0) is 24.6 Å². The first-order valence-electron chi connectivity index (χ1n) is 2.79. The van der Waals surface area contributed by atoms with Gasteiger partial charge in [0.05, 0.1) is 6.07 Å². The number of thioether (sulfide) groups is 1. The van der Waals surface area contributed by atoms with Crippen LogP contribution in [-0.4, -0.2) is 5.75 Å². The Labute approximate surface area is 59.5 Å². The highest BCUT2D eigenvalue weighted by Crippen LogP contribution is 2.02. The summed E-state index contributed by atoms with van der Waals surface area (Å²) in [6.07, 6.45) is 2.52. The highest BCUT2D eigenvalue weighted by Gasteiger charge is 1.86. The minimum Gasteiger partial charge on any atom is -0.198 e. The fourth-order valence-corrected chi connectivity index (χ4v) is 0.864. The van der Waals surface area contributed by atoms with Crippen molar-refractivity contribution in [3.05, 3.63) is 0 Å². The zero-order chi connectivity index (χ0) is 6.95. The normalized spacial score (nSPS) is 7.78. The Bertz CT molecular complexity index is 115. The smallest absolute Gasteiger partial charge is 0.133 e. The van der Waals surface area contributed by atoms with Gasteiger partial charge in [0, 0.05) is 12.2 Å². The molecule has 0 atom stereocenters. The van der Waals surface area contributed by atoms with E-state index in [0.717, 1.165) is 18.6 Å². The van der Waals surface area contributed by atoms with E-state index in [2.05, 4.69) is 6.07 Å². The van der Waals surface area contributed by atoms with Gasteiger partial charge < -0.3 is 0 Å². The quantitative estimate of drug-likeness (QED) is 0.442. The number of thiocyanates is 1. The van der Waals surface area contributed by atoms with Crippen LogP contribution in [0.2, 0.25) is 0 Å². The van der Waals surface area contributed by atoms with Crippen LogP contribution in [-0.2, 0) is 0 Å². The molecule has 0 N–H and O–H groups in total. The Morgan fingerprint density at radius 2 is 2.00 bits per heavy atom. The van der Waals surface area contributed by atoms with Gasteiger partial charge in [0.15, 0.2) is 0 Å². The zero-order valence-electron chi connectivity index (χ0n) is 5.13. The van der Waals surface area contributed by atoms with E-state index in [9.17, 15) is 0 Å². The number of hydrogen-bond acceptors (Lipinski definition) is 3. The van der Waals surface area contributed by atoms with Crippen LogP contribution < -0.4 is 0 Å². The van der Waals surface area contributed by atoms with Crippen LogP contribution in [0.1, 0.15) is 19.3 Å². The van der Waals surface area contributed by atoms with Gasteiger partial charge in [-0.3, -0.25) is 0 Å². The van der Waals surface area contributed by atoms with Crippen LogP contribution in [0.25, 0.3) is 0 Å². The second-order valence-electron chi connectivity index (χ2n) is 1.55. The third-order valence-electron chi connectivity index (χ3n) is 0.850. The van der Waals surface area contributed by atoms with Crippen molar-refractivity contribution in [1.82, 2.24) is 0 Å². The van der Waals surface area contributed by atoms with Crippen molar-refractivity contribution in [2.75, 3.05) is 5.75 Å². The maximum absolute atomic E-state index is 8.10. The highest BCUT2D eigenvalue weighted by molar-refractivity contribution is 8.03. The molecule has 0 unspecified atom stereocenters. The molecular weight excluding hydrogens is 132 g/mol. The van der Waals surface area contributed by atoms with Gasteiger partial charge in [-0.1, -0.05) is 0 Å². The molecule has 9 heavy (non-hydrogen) atoms. The first-order chi connectivity index (χ1) is 4.41. The molecule has 0 aliphatic rings. The Hall–Kier alpha value is -0.670. The lowest BCUT2D eigenvalue weighted by molar-refractivity contribution is 0.831. The van der Waals surface area contributed by atoms with Crippen LogP contribution in [0.15, 0.2) is 0 Å². The van der Waals surface area contributed by atoms with Crippen LogP contribution in [0.4, 0.5) is 0 Å². The average Bonchev–Trinajstić information content (AvgIpc) is 1.89. The second-order valence-corrected chi connectivity index (χ2v) is 2.43. The predicted molar refractivity (Wildman–Crippen MR) is 37.5 cm³/mol. The van der Waals surface area contributed by atoms with E-state index in [4.69, 9.17) is 10.5 Å². The van der Waals surface area contributed by atoms with Gasteiger partial charge in [-0.25, -0.2) is 0 Å². The maximum atomic E-state index is 8.10. The SMILES string of the molecule is N#CCCCCSC#N. The summed E-state index contributed by atoms with van der Waals surface area (Å²) >= 11 is 1.25. The Morgan fingerprint density at radius 1 is 1.22 bits per heavy atom. The van der Waals surface area contributed by atoms with E-state index in [1.54, 1.807) is 0 Å². The molecule has 2 nitrogen and oxygen atoms in total. The number of nitriles is 2. The van der Waals surface area contributed by atoms with E-state index in [-0.39, 0.29) is 0 Å². The molecule has 0 amide bonds. The van der Waals surface area contributed by atoms with E-state index in [0.29, 0.717) is 6.42 Å². The zero-order valence-corrected chi connectivity index (χ0v) is 5.95. The molecule has 0 saturated heterocycles. The first kappa shape index (κ1) is 8.33. The molecule has 0 spiro atoms. The van der Waals surface area contributed by atoms with Gasteiger partial charge in [-0.15, -0.1) is 0 Å². The van der Waals surface area contributed by atoms with Crippen molar-refractivity contribution in [3.63, 3.8) is 0 Å². The number of hydrogen-bond donors (Lipinski definition) is 0. The fraction of sp³-hybridized carbons (Fsp3) is 0.667. The van der Waals surface area contributed by atoms with E-state index < -0.39 is 0 Å². The predicted octanol–water partition coefficient (Wildman–Crippen LogP) is 1.89. The summed E-state index contributed by atoms with van der Waals surface area (Å²) in [5, 5.41) is 18.2. The van der Waals surface area contributed by atoms with Crippen molar-refractivity contribution >= 4 is 11.8 Å². The summed E-state index contributed by atoms with van der Waals surface area (Å²) < 4.78 is 0. The summed E-state index contributed by atoms with van der Waals surface area (Å²) in [7, 11) is 0. The van der Waals surface area contributed by atoms with Crippen LogP contribution in [0, 0.1) is 22.0 Å². The van der Waals surface area contributed by atoms with Gasteiger partial charge in [0.2, 0.25) is 0 Å². The van der Waals surface area contributed by atoms with Gasteiger partial charge in [0.25, 0.3) is 0 Å². The topological polar surface area (TPSA) is 47.6 Å². The molecule has 0 radical (unpaired) electrons. The lowest BCUT2D eigenvalue weighted by atomic mass is 10.3. The molecule has 0 heterocycles. The van der Waals surface area contributed by atoms with Crippen molar-refractivity contribution in [3.8, 4) is 11.5 Å². The lowest BCUT2D eigenvalue weighted by Gasteiger charge is -1.87. The molecule has 48 valence electrons. The molecule has 0 aromatic rings.